The normalized spacial score (nSPS) is 10.4. The molecular formula is C13H10N4O. The van der Waals surface area contributed by atoms with Crippen LogP contribution >= 0.6 is 0 Å². The quantitative estimate of drug-likeness (QED) is 0.742. The van der Waals surface area contributed by atoms with E-state index in [1.807, 2.05) is 18.2 Å². The summed E-state index contributed by atoms with van der Waals surface area (Å²) in [5.74, 6) is -0.244. The molecule has 3 rings (SSSR count). The Morgan fingerprint density at radius 2 is 2.17 bits per heavy atom. The van der Waals surface area contributed by atoms with E-state index in [9.17, 15) is 4.79 Å². The zero-order chi connectivity index (χ0) is 12.4. The van der Waals surface area contributed by atoms with Crippen LogP contribution in [-0.4, -0.2) is 20.5 Å². The zero-order valence-electron chi connectivity index (χ0n) is 9.45. The molecule has 3 heterocycles. The lowest BCUT2D eigenvalue weighted by Crippen LogP contribution is -2.12. The molecule has 3 aromatic heterocycles. The Bertz CT molecular complexity index is 657. The van der Waals surface area contributed by atoms with E-state index in [1.165, 1.54) is 0 Å². The molecule has 88 valence electrons. The van der Waals surface area contributed by atoms with Crippen LogP contribution in [-0.2, 0) is 0 Å². The van der Waals surface area contributed by atoms with Crippen molar-refractivity contribution in [3.05, 3.63) is 60.7 Å². The minimum Gasteiger partial charge on any atom is -0.319 e. The molecule has 0 aromatic carbocycles. The highest BCUT2D eigenvalue weighted by molar-refractivity contribution is 6.03. The number of pyridine rings is 2. The first-order chi connectivity index (χ1) is 8.83. The van der Waals surface area contributed by atoms with Crippen LogP contribution in [0, 0.1) is 0 Å². The molecule has 18 heavy (non-hydrogen) atoms. The minimum atomic E-state index is -0.244. The number of fused-ring (bicyclic) bond motifs is 1. The van der Waals surface area contributed by atoms with Crippen molar-refractivity contribution >= 4 is 17.1 Å². The third-order valence-electron chi connectivity index (χ3n) is 2.52. The Morgan fingerprint density at radius 3 is 2.94 bits per heavy atom. The Hall–Kier alpha value is -2.69. The molecule has 0 radical (unpaired) electrons. The lowest BCUT2D eigenvalue weighted by Gasteiger charge is -2.00. The fraction of sp³-hybridized carbons (Fsp3) is 0. The average Bonchev–Trinajstić information content (AvgIpc) is 2.84. The molecule has 0 aliphatic heterocycles. The number of hydrogen-bond donors (Lipinski definition) is 1. The van der Waals surface area contributed by atoms with Crippen molar-refractivity contribution in [3.63, 3.8) is 0 Å². The first kappa shape index (κ1) is 10.5. The lowest BCUT2D eigenvalue weighted by molar-refractivity contribution is 0.102. The number of hydrogen-bond acceptors (Lipinski definition) is 3. The van der Waals surface area contributed by atoms with E-state index >= 15 is 0 Å². The second-order valence-corrected chi connectivity index (χ2v) is 3.80. The van der Waals surface area contributed by atoms with Crippen LogP contribution < -0.4 is 5.32 Å². The van der Waals surface area contributed by atoms with Gasteiger partial charge in [-0.2, -0.15) is 5.10 Å². The van der Waals surface area contributed by atoms with Crippen LogP contribution in [0.15, 0.2) is 55.0 Å². The molecule has 0 aliphatic rings. The third kappa shape index (κ3) is 1.93. The predicted octanol–water partition coefficient (Wildman–Crippen LogP) is 1.98. The van der Waals surface area contributed by atoms with E-state index in [0.29, 0.717) is 11.4 Å². The van der Waals surface area contributed by atoms with Crippen molar-refractivity contribution in [2.75, 3.05) is 5.32 Å². The number of carbonyl (C=O) groups is 1. The highest BCUT2D eigenvalue weighted by atomic mass is 16.1. The number of aromatic nitrogens is 3. The third-order valence-corrected chi connectivity index (χ3v) is 2.52. The molecule has 0 aliphatic carbocycles. The van der Waals surface area contributed by atoms with Crippen LogP contribution in [0.5, 0.6) is 0 Å². The van der Waals surface area contributed by atoms with Gasteiger partial charge in [0.25, 0.3) is 5.91 Å². The van der Waals surface area contributed by atoms with Gasteiger partial charge in [0, 0.05) is 12.4 Å². The smallest absolute Gasteiger partial charge is 0.276 e. The number of anilines is 1. The standard InChI is InChI=1S/C13H10N4O/c18-13(15-10-4-3-6-14-9-10)12-8-11-5-1-2-7-17(11)16-12/h1-9H,(H,15,18). The monoisotopic (exact) mass is 238 g/mol. The second kappa shape index (κ2) is 4.29. The van der Waals surface area contributed by atoms with Crippen molar-refractivity contribution in [2.24, 2.45) is 0 Å². The molecule has 0 fully saturated rings. The van der Waals surface area contributed by atoms with Gasteiger partial charge >= 0.3 is 0 Å². The molecule has 0 unspecified atom stereocenters. The highest BCUT2D eigenvalue weighted by Crippen LogP contribution is 2.09. The van der Waals surface area contributed by atoms with Crippen LogP contribution in [0.4, 0.5) is 5.69 Å². The van der Waals surface area contributed by atoms with E-state index < -0.39 is 0 Å². The number of rotatable bonds is 2. The molecular weight excluding hydrogens is 228 g/mol. The van der Waals surface area contributed by atoms with Crippen LogP contribution in [0.25, 0.3) is 5.52 Å². The van der Waals surface area contributed by atoms with Gasteiger partial charge in [0.2, 0.25) is 0 Å². The summed E-state index contributed by atoms with van der Waals surface area (Å²) >= 11 is 0. The van der Waals surface area contributed by atoms with Gasteiger partial charge in [-0.3, -0.25) is 9.78 Å². The SMILES string of the molecule is O=C(Nc1cccnc1)c1cc2ccccn2n1. The number of nitrogens with one attached hydrogen (secondary N) is 1. The Labute approximate surface area is 103 Å². The molecule has 0 saturated carbocycles. The predicted molar refractivity (Wildman–Crippen MR) is 67.4 cm³/mol. The Balaban J connectivity index is 1.88. The summed E-state index contributed by atoms with van der Waals surface area (Å²) in [6, 6.07) is 10.9. The molecule has 5 nitrogen and oxygen atoms in total. The molecule has 1 N–H and O–H groups in total. The van der Waals surface area contributed by atoms with Gasteiger partial charge in [0.1, 0.15) is 0 Å². The zero-order valence-corrected chi connectivity index (χ0v) is 9.45. The Kier molecular flexibility index (Phi) is 2.49. The van der Waals surface area contributed by atoms with Crippen molar-refractivity contribution in [2.45, 2.75) is 0 Å². The summed E-state index contributed by atoms with van der Waals surface area (Å²) in [4.78, 5) is 15.9. The minimum absolute atomic E-state index is 0.244. The van der Waals surface area contributed by atoms with Gasteiger partial charge in [-0.15, -0.1) is 0 Å². The number of nitrogens with zero attached hydrogens (tertiary/aromatic N) is 3. The molecule has 1 amide bonds. The Morgan fingerprint density at radius 1 is 1.22 bits per heavy atom. The fourth-order valence-electron chi connectivity index (χ4n) is 1.68. The van der Waals surface area contributed by atoms with Gasteiger partial charge in [0.05, 0.1) is 17.4 Å². The average molecular weight is 238 g/mol. The van der Waals surface area contributed by atoms with Gasteiger partial charge in [0.15, 0.2) is 5.69 Å². The van der Waals surface area contributed by atoms with Crippen molar-refractivity contribution in [1.82, 2.24) is 14.6 Å². The van der Waals surface area contributed by atoms with Gasteiger partial charge < -0.3 is 5.32 Å². The summed E-state index contributed by atoms with van der Waals surface area (Å²) < 4.78 is 1.66. The lowest BCUT2D eigenvalue weighted by atomic mass is 10.3. The van der Waals surface area contributed by atoms with E-state index in [2.05, 4.69) is 15.4 Å². The molecule has 0 bridgehead atoms. The maximum atomic E-state index is 12.0. The van der Waals surface area contributed by atoms with Gasteiger partial charge in [-0.05, 0) is 30.3 Å². The summed E-state index contributed by atoms with van der Waals surface area (Å²) in [5, 5.41) is 6.93. The van der Waals surface area contributed by atoms with Crippen LogP contribution in [0.3, 0.4) is 0 Å². The number of carbonyl (C=O) groups excluding carboxylic acids is 1. The first-order valence-electron chi connectivity index (χ1n) is 5.49. The fourth-order valence-corrected chi connectivity index (χ4v) is 1.68. The molecule has 0 atom stereocenters. The van der Waals surface area contributed by atoms with Crippen molar-refractivity contribution in [1.29, 1.82) is 0 Å². The molecule has 0 spiro atoms. The molecule has 5 heteroatoms. The van der Waals surface area contributed by atoms with E-state index in [4.69, 9.17) is 0 Å². The molecule has 3 aromatic rings. The first-order valence-corrected chi connectivity index (χ1v) is 5.49. The van der Waals surface area contributed by atoms with Crippen LogP contribution in [0.2, 0.25) is 0 Å². The summed E-state index contributed by atoms with van der Waals surface area (Å²) in [5.41, 5.74) is 1.92. The maximum Gasteiger partial charge on any atom is 0.276 e. The van der Waals surface area contributed by atoms with Gasteiger partial charge in [-0.1, -0.05) is 6.07 Å². The van der Waals surface area contributed by atoms with E-state index in [0.717, 1.165) is 5.52 Å². The summed E-state index contributed by atoms with van der Waals surface area (Å²) in [6.45, 7) is 0. The van der Waals surface area contributed by atoms with E-state index in [-0.39, 0.29) is 5.91 Å². The summed E-state index contributed by atoms with van der Waals surface area (Å²) in [6.07, 6.45) is 5.05. The second-order valence-electron chi connectivity index (χ2n) is 3.80. The topological polar surface area (TPSA) is 59.3 Å². The van der Waals surface area contributed by atoms with Crippen molar-refractivity contribution in [3.8, 4) is 0 Å². The largest absolute Gasteiger partial charge is 0.319 e. The summed E-state index contributed by atoms with van der Waals surface area (Å²) in [7, 11) is 0. The molecule has 0 saturated heterocycles. The number of amides is 1. The maximum absolute atomic E-state index is 12.0. The highest BCUT2D eigenvalue weighted by Gasteiger charge is 2.10. The van der Waals surface area contributed by atoms with E-state index in [1.54, 1.807) is 41.3 Å². The van der Waals surface area contributed by atoms with Crippen molar-refractivity contribution < 1.29 is 4.79 Å². The van der Waals surface area contributed by atoms with Crippen LogP contribution in [0.1, 0.15) is 10.5 Å². The van der Waals surface area contributed by atoms with Gasteiger partial charge in [-0.25, -0.2) is 4.52 Å².